The maximum absolute atomic E-state index is 6.22. The summed E-state index contributed by atoms with van der Waals surface area (Å²) in [5.41, 5.74) is 1.59. The SMILES string of the molecule is CCNCc1oc2c(Cl)ccc(Cl)c2c1COC. The van der Waals surface area contributed by atoms with Gasteiger partial charge in [-0.05, 0) is 18.7 Å². The van der Waals surface area contributed by atoms with E-state index in [0.717, 1.165) is 23.3 Å². The minimum Gasteiger partial charge on any atom is -0.458 e. The first kappa shape index (κ1) is 13.7. The summed E-state index contributed by atoms with van der Waals surface area (Å²) in [7, 11) is 1.65. The third kappa shape index (κ3) is 2.50. The van der Waals surface area contributed by atoms with Crippen LogP contribution in [-0.2, 0) is 17.9 Å². The Morgan fingerprint density at radius 1 is 1.28 bits per heavy atom. The zero-order valence-electron chi connectivity index (χ0n) is 10.3. The van der Waals surface area contributed by atoms with Gasteiger partial charge in [0.05, 0.1) is 23.2 Å². The van der Waals surface area contributed by atoms with Gasteiger partial charge in [0.15, 0.2) is 5.58 Å². The number of fused-ring (bicyclic) bond motifs is 1. The Morgan fingerprint density at radius 3 is 2.67 bits per heavy atom. The summed E-state index contributed by atoms with van der Waals surface area (Å²) >= 11 is 12.4. The smallest absolute Gasteiger partial charge is 0.154 e. The minimum atomic E-state index is 0.452. The first-order chi connectivity index (χ1) is 8.69. The van der Waals surface area contributed by atoms with Gasteiger partial charge >= 0.3 is 0 Å². The first-order valence-corrected chi connectivity index (χ1v) is 6.52. The van der Waals surface area contributed by atoms with Gasteiger partial charge in [0.25, 0.3) is 0 Å². The van der Waals surface area contributed by atoms with E-state index >= 15 is 0 Å². The number of hydrogen-bond donors (Lipinski definition) is 1. The molecule has 2 aromatic rings. The second-order valence-corrected chi connectivity index (χ2v) is 4.76. The molecule has 98 valence electrons. The van der Waals surface area contributed by atoms with E-state index in [1.165, 1.54) is 0 Å². The normalized spacial score (nSPS) is 11.3. The number of halogens is 2. The molecule has 1 heterocycles. The van der Waals surface area contributed by atoms with Crippen LogP contribution < -0.4 is 5.32 Å². The summed E-state index contributed by atoms with van der Waals surface area (Å²) in [6, 6.07) is 3.52. The van der Waals surface area contributed by atoms with Crippen molar-refractivity contribution in [3.8, 4) is 0 Å². The average molecular weight is 288 g/mol. The van der Waals surface area contributed by atoms with E-state index < -0.39 is 0 Å². The first-order valence-electron chi connectivity index (χ1n) is 5.77. The molecule has 0 atom stereocenters. The fourth-order valence-electron chi connectivity index (χ4n) is 1.92. The minimum absolute atomic E-state index is 0.452. The predicted molar refractivity (Wildman–Crippen MR) is 74.3 cm³/mol. The molecule has 3 nitrogen and oxygen atoms in total. The fraction of sp³-hybridized carbons (Fsp3) is 0.385. The molecule has 0 radical (unpaired) electrons. The van der Waals surface area contributed by atoms with E-state index in [1.54, 1.807) is 19.2 Å². The molecular formula is C13H15Cl2NO2. The number of methoxy groups -OCH3 is 1. The number of furan rings is 1. The number of hydrogen-bond acceptors (Lipinski definition) is 3. The topological polar surface area (TPSA) is 34.4 Å². The molecule has 0 aliphatic rings. The summed E-state index contributed by atoms with van der Waals surface area (Å²) in [6.45, 7) is 3.99. The Bertz CT molecular complexity index is 551. The van der Waals surface area contributed by atoms with Crippen molar-refractivity contribution in [1.29, 1.82) is 0 Å². The summed E-state index contributed by atoms with van der Waals surface area (Å²) in [5.74, 6) is 0.823. The molecule has 2 rings (SSSR count). The van der Waals surface area contributed by atoms with Crippen molar-refractivity contribution in [1.82, 2.24) is 5.32 Å². The van der Waals surface area contributed by atoms with E-state index in [2.05, 4.69) is 5.32 Å². The van der Waals surface area contributed by atoms with E-state index in [4.69, 9.17) is 32.4 Å². The third-order valence-electron chi connectivity index (χ3n) is 2.75. The molecule has 1 N–H and O–H groups in total. The molecule has 1 aromatic heterocycles. The molecule has 0 aliphatic carbocycles. The van der Waals surface area contributed by atoms with Gasteiger partial charge in [-0.15, -0.1) is 0 Å². The lowest BCUT2D eigenvalue weighted by atomic mass is 10.1. The molecule has 0 saturated heterocycles. The van der Waals surface area contributed by atoms with Crippen LogP contribution in [0.3, 0.4) is 0 Å². The molecule has 5 heteroatoms. The lowest BCUT2D eigenvalue weighted by Gasteiger charge is -2.03. The third-order valence-corrected chi connectivity index (χ3v) is 3.36. The second-order valence-electron chi connectivity index (χ2n) is 3.95. The quantitative estimate of drug-likeness (QED) is 0.903. The Hall–Kier alpha value is -0.740. The summed E-state index contributed by atoms with van der Waals surface area (Å²) in [4.78, 5) is 0. The van der Waals surface area contributed by atoms with E-state index in [1.807, 2.05) is 6.92 Å². The Balaban J connectivity index is 2.59. The van der Waals surface area contributed by atoms with Crippen LogP contribution in [0.1, 0.15) is 18.2 Å². The van der Waals surface area contributed by atoms with Gasteiger partial charge in [0, 0.05) is 18.1 Å². The highest BCUT2D eigenvalue weighted by atomic mass is 35.5. The lowest BCUT2D eigenvalue weighted by molar-refractivity contribution is 0.183. The number of ether oxygens (including phenoxy) is 1. The van der Waals surface area contributed by atoms with Crippen molar-refractivity contribution >= 4 is 34.2 Å². The molecule has 0 fully saturated rings. The van der Waals surface area contributed by atoms with Crippen LogP contribution in [0.25, 0.3) is 11.0 Å². The standard InChI is InChI=1S/C13H15Cl2NO2/c1-3-16-6-11-8(7-17-2)12-9(14)4-5-10(15)13(12)18-11/h4-5,16H,3,6-7H2,1-2H3. The van der Waals surface area contributed by atoms with Crippen LogP contribution in [0.5, 0.6) is 0 Å². The van der Waals surface area contributed by atoms with Gasteiger partial charge in [0.1, 0.15) is 5.76 Å². The van der Waals surface area contributed by atoms with Crippen LogP contribution in [-0.4, -0.2) is 13.7 Å². The van der Waals surface area contributed by atoms with Crippen molar-refractivity contribution < 1.29 is 9.15 Å². The van der Waals surface area contributed by atoms with Crippen molar-refractivity contribution in [2.75, 3.05) is 13.7 Å². The maximum Gasteiger partial charge on any atom is 0.154 e. The molecule has 0 unspecified atom stereocenters. The number of rotatable bonds is 5. The molecule has 18 heavy (non-hydrogen) atoms. The van der Waals surface area contributed by atoms with Crippen molar-refractivity contribution in [2.45, 2.75) is 20.1 Å². The number of benzene rings is 1. The van der Waals surface area contributed by atoms with Crippen LogP contribution in [0.15, 0.2) is 16.5 Å². The van der Waals surface area contributed by atoms with E-state index in [0.29, 0.717) is 28.8 Å². The fourth-order valence-corrected chi connectivity index (χ4v) is 2.38. The van der Waals surface area contributed by atoms with E-state index in [-0.39, 0.29) is 0 Å². The average Bonchev–Trinajstić information content (AvgIpc) is 2.72. The molecule has 1 aromatic carbocycles. The van der Waals surface area contributed by atoms with Crippen LogP contribution in [0.4, 0.5) is 0 Å². The molecular weight excluding hydrogens is 273 g/mol. The lowest BCUT2D eigenvalue weighted by Crippen LogP contribution is -2.12. The van der Waals surface area contributed by atoms with Gasteiger partial charge < -0.3 is 14.5 Å². The zero-order valence-corrected chi connectivity index (χ0v) is 11.9. The maximum atomic E-state index is 6.22. The van der Waals surface area contributed by atoms with Crippen LogP contribution in [0.2, 0.25) is 10.0 Å². The van der Waals surface area contributed by atoms with Crippen molar-refractivity contribution in [3.05, 3.63) is 33.5 Å². The highest BCUT2D eigenvalue weighted by Crippen LogP contribution is 2.36. The van der Waals surface area contributed by atoms with Gasteiger partial charge in [-0.1, -0.05) is 30.1 Å². The predicted octanol–water partition coefficient (Wildman–Crippen LogP) is 4.00. The van der Waals surface area contributed by atoms with Gasteiger partial charge in [-0.3, -0.25) is 0 Å². The Morgan fingerprint density at radius 2 is 2.00 bits per heavy atom. The van der Waals surface area contributed by atoms with Gasteiger partial charge in [-0.2, -0.15) is 0 Å². The summed E-state index contributed by atoms with van der Waals surface area (Å²) in [6.07, 6.45) is 0. The molecule has 0 aliphatic heterocycles. The number of nitrogens with one attached hydrogen (secondary N) is 1. The molecule has 0 saturated carbocycles. The van der Waals surface area contributed by atoms with E-state index in [9.17, 15) is 0 Å². The van der Waals surface area contributed by atoms with Crippen molar-refractivity contribution in [2.24, 2.45) is 0 Å². The molecule has 0 spiro atoms. The van der Waals surface area contributed by atoms with Crippen LogP contribution >= 0.6 is 23.2 Å². The Labute approximate surface area is 116 Å². The molecule has 0 amide bonds. The highest BCUT2D eigenvalue weighted by molar-refractivity contribution is 6.40. The van der Waals surface area contributed by atoms with Gasteiger partial charge in [-0.25, -0.2) is 0 Å². The summed E-state index contributed by atoms with van der Waals surface area (Å²) < 4.78 is 11.0. The second kappa shape index (κ2) is 5.93. The molecule has 0 bridgehead atoms. The largest absolute Gasteiger partial charge is 0.458 e. The summed E-state index contributed by atoms with van der Waals surface area (Å²) in [5, 5.41) is 5.27. The van der Waals surface area contributed by atoms with Crippen LogP contribution in [0, 0.1) is 0 Å². The van der Waals surface area contributed by atoms with Gasteiger partial charge in [0.2, 0.25) is 0 Å². The van der Waals surface area contributed by atoms with Crippen molar-refractivity contribution in [3.63, 3.8) is 0 Å². The zero-order chi connectivity index (χ0) is 13.1. The monoisotopic (exact) mass is 287 g/mol. The highest BCUT2D eigenvalue weighted by Gasteiger charge is 2.18. The Kier molecular flexibility index (Phi) is 4.51.